The minimum absolute atomic E-state index is 0.105. The summed E-state index contributed by atoms with van der Waals surface area (Å²) in [6.45, 7) is 4.39. The minimum Gasteiger partial charge on any atom is -0.330 e. The largest absolute Gasteiger partial charge is 0.330 e. The van der Waals surface area contributed by atoms with Crippen molar-refractivity contribution < 1.29 is 4.39 Å². The molecule has 0 aromatic heterocycles. The molecule has 0 spiro atoms. The van der Waals surface area contributed by atoms with Crippen LogP contribution in [0.15, 0.2) is 12.1 Å². The molecule has 1 aromatic rings. The van der Waals surface area contributed by atoms with Crippen LogP contribution in [0.5, 0.6) is 0 Å². The molecule has 0 aliphatic carbocycles. The van der Waals surface area contributed by atoms with Gasteiger partial charge in [-0.3, -0.25) is 0 Å². The highest BCUT2D eigenvalue weighted by molar-refractivity contribution is 5.32. The van der Waals surface area contributed by atoms with Crippen LogP contribution >= 0.6 is 0 Å². The number of benzene rings is 1. The average molecular weight is 181 g/mol. The standard InChI is InChI=1S/C11H16FN/c1-8-6-10(4-3-5-13)9(2)11(12)7-8/h6-7H,3-5,13H2,1-2H3. The number of hydrogen-bond acceptors (Lipinski definition) is 1. The van der Waals surface area contributed by atoms with Gasteiger partial charge in [0, 0.05) is 0 Å². The van der Waals surface area contributed by atoms with Gasteiger partial charge in [-0.2, -0.15) is 0 Å². The SMILES string of the molecule is Cc1cc(F)c(C)c(CCCN)c1. The molecular formula is C11H16FN. The Bertz CT molecular complexity index is 294. The predicted molar refractivity (Wildman–Crippen MR) is 53.2 cm³/mol. The fraction of sp³-hybridized carbons (Fsp3) is 0.455. The van der Waals surface area contributed by atoms with Gasteiger partial charge in [0.05, 0.1) is 0 Å². The van der Waals surface area contributed by atoms with E-state index in [-0.39, 0.29) is 5.82 Å². The maximum absolute atomic E-state index is 13.2. The van der Waals surface area contributed by atoms with Crippen LogP contribution in [0.1, 0.15) is 23.1 Å². The number of nitrogens with two attached hydrogens (primary N) is 1. The molecule has 1 nitrogen and oxygen atoms in total. The normalized spacial score (nSPS) is 10.5. The molecule has 0 fully saturated rings. The number of rotatable bonds is 3. The summed E-state index contributed by atoms with van der Waals surface area (Å²) in [5, 5.41) is 0. The van der Waals surface area contributed by atoms with Crippen LogP contribution in [0.4, 0.5) is 4.39 Å². The van der Waals surface area contributed by atoms with Crippen LogP contribution in [0.25, 0.3) is 0 Å². The second-order valence-electron chi connectivity index (χ2n) is 3.42. The predicted octanol–water partition coefficient (Wildman–Crippen LogP) is 2.33. The summed E-state index contributed by atoms with van der Waals surface area (Å²) in [4.78, 5) is 0. The van der Waals surface area contributed by atoms with E-state index in [0.29, 0.717) is 6.54 Å². The molecule has 1 rings (SSSR count). The van der Waals surface area contributed by atoms with Gasteiger partial charge in [-0.15, -0.1) is 0 Å². The van der Waals surface area contributed by atoms with E-state index >= 15 is 0 Å². The lowest BCUT2D eigenvalue weighted by Gasteiger charge is -2.07. The molecule has 0 bridgehead atoms. The van der Waals surface area contributed by atoms with E-state index in [1.807, 2.05) is 19.9 Å². The molecule has 2 heteroatoms. The van der Waals surface area contributed by atoms with Gasteiger partial charge < -0.3 is 5.73 Å². The van der Waals surface area contributed by atoms with E-state index in [0.717, 1.165) is 29.5 Å². The third kappa shape index (κ3) is 2.52. The van der Waals surface area contributed by atoms with Crippen molar-refractivity contribution in [3.05, 3.63) is 34.6 Å². The van der Waals surface area contributed by atoms with E-state index in [2.05, 4.69) is 0 Å². The Morgan fingerprint density at radius 3 is 2.62 bits per heavy atom. The molecule has 0 amide bonds. The Kier molecular flexibility index (Phi) is 3.43. The second-order valence-corrected chi connectivity index (χ2v) is 3.42. The van der Waals surface area contributed by atoms with E-state index in [1.165, 1.54) is 0 Å². The molecule has 13 heavy (non-hydrogen) atoms. The van der Waals surface area contributed by atoms with Gasteiger partial charge in [0.25, 0.3) is 0 Å². The van der Waals surface area contributed by atoms with E-state index in [4.69, 9.17) is 5.73 Å². The molecule has 72 valence electrons. The zero-order chi connectivity index (χ0) is 9.84. The van der Waals surface area contributed by atoms with Gasteiger partial charge in [-0.25, -0.2) is 4.39 Å². The van der Waals surface area contributed by atoms with Gasteiger partial charge in [0.15, 0.2) is 0 Å². The van der Waals surface area contributed by atoms with Crippen LogP contribution in [-0.4, -0.2) is 6.54 Å². The van der Waals surface area contributed by atoms with Crippen molar-refractivity contribution in [3.63, 3.8) is 0 Å². The Balaban J connectivity index is 2.92. The van der Waals surface area contributed by atoms with Crippen molar-refractivity contribution in [1.82, 2.24) is 0 Å². The van der Waals surface area contributed by atoms with Gasteiger partial charge in [0.1, 0.15) is 5.82 Å². The zero-order valence-electron chi connectivity index (χ0n) is 8.23. The number of hydrogen-bond donors (Lipinski definition) is 1. The van der Waals surface area contributed by atoms with Crippen molar-refractivity contribution in [2.45, 2.75) is 26.7 Å². The summed E-state index contributed by atoms with van der Waals surface area (Å²) < 4.78 is 13.2. The number of aryl methyl sites for hydroxylation is 2. The van der Waals surface area contributed by atoms with Gasteiger partial charge >= 0.3 is 0 Å². The first-order valence-corrected chi connectivity index (χ1v) is 4.61. The van der Waals surface area contributed by atoms with Crippen LogP contribution in [0.3, 0.4) is 0 Å². The Hall–Kier alpha value is -0.890. The third-order valence-electron chi connectivity index (χ3n) is 2.25. The lowest BCUT2D eigenvalue weighted by Crippen LogP contribution is -2.02. The molecule has 2 N–H and O–H groups in total. The van der Waals surface area contributed by atoms with Gasteiger partial charge in [-0.1, -0.05) is 6.07 Å². The Morgan fingerprint density at radius 2 is 2.00 bits per heavy atom. The Morgan fingerprint density at radius 1 is 1.31 bits per heavy atom. The van der Waals surface area contributed by atoms with Gasteiger partial charge in [0.2, 0.25) is 0 Å². The summed E-state index contributed by atoms with van der Waals surface area (Å²) in [6, 6.07) is 3.61. The summed E-state index contributed by atoms with van der Waals surface area (Å²) in [5.74, 6) is -0.105. The summed E-state index contributed by atoms with van der Waals surface area (Å²) in [5.41, 5.74) is 8.24. The maximum atomic E-state index is 13.2. The Labute approximate surface area is 78.8 Å². The van der Waals surface area contributed by atoms with Crippen molar-refractivity contribution in [2.75, 3.05) is 6.54 Å². The molecule has 0 saturated carbocycles. The molecule has 0 radical (unpaired) electrons. The highest BCUT2D eigenvalue weighted by Gasteiger charge is 2.04. The fourth-order valence-electron chi connectivity index (χ4n) is 1.44. The lowest BCUT2D eigenvalue weighted by atomic mass is 10.0. The summed E-state index contributed by atoms with van der Waals surface area (Å²) >= 11 is 0. The van der Waals surface area contributed by atoms with Gasteiger partial charge in [-0.05, 0) is 56.0 Å². The first-order chi connectivity index (χ1) is 6.15. The summed E-state index contributed by atoms with van der Waals surface area (Å²) in [6.07, 6.45) is 1.80. The van der Waals surface area contributed by atoms with Crippen molar-refractivity contribution in [3.8, 4) is 0 Å². The van der Waals surface area contributed by atoms with E-state index < -0.39 is 0 Å². The van der Waals surface area contributed by atoms with E-state index in [9.17, 15) is 4.39 Å². The molecule has 0 aliphatic rings. The van der Waals surface area contributed by atoms with Crippen LogP contribution in [-0.2, 0) is 6.42 Å². The van der Waals surface area contributed by atoms with Crippen molar-refractivity contribution in [1.29, 1.82) is 0 Å². The third-order valence-corrected chi connectivity index (χ3v) is 2.25. The van der Waals surface area contributed by atoms with Crippen LogP contribution in [0.2, 0.25) is 0 Å². The molecule has 1 aromatic carbocycles. The molecule has 0 saturated heterocycles. The molecule has 0 heterocycles. The van der Waals surface area contributed by atoms with Crippen LogP contribution < -0.4 is 5.73 Å². The first-order valence-electron chi connectivity index (χ1n) is 4.61. The zero-order valence-corrected chi connectivity index (χ0v) is 8.23. The molecule has 0 atom stereocenters. The second kappa shape index (κ2) is 4.38. The lowest BCUT2D eigenvalue weighted by molar-refractivity contribution is 0.613. The van der Waals surface area contributed by atoms with E-state index in [1.54, 1.807) is 6.07 Å². The summed E-state index contributed by atoms with van der Waals surface area (Å²) in [7, 11) is 0. The highest BCUT2D eigenvalue weighted by Crippen LogP contribution is 2.16. The maximum Gasteiger partial charge on any atom is 0.126 e. The average Bonchev–Trinajstić information content (AvgIpc) is 2.09. The monoisotopic (exact) mass is 181 g/mol. The topological polar surface area (TPSA) is 26.0 Å². The first kappa shape index (κ1) is 10.2. The molecule has 0 aliphatic heterocycles. The smallest absolute Gasteiger partial charge is 0.126 e. The minimum atomic E-state index is -0.105. The van der Waals surface area contributed by atoms with Crippen LogP contribution in [0, 0.1) is 19.7 Å². The highest BCUT2D eigenvalue weighted by atomic mass is 19.1. The fourth-order valence-corrected chi connectivity index (χ4v) is 1.44. The number of halogens is 1. The molecular weight excluding hydrogens is 165 g/mol. The van der Waals surface area contributed by atoms with Crippen molar-refractivity contribution in [2.24, 2.45) is 5.73 Å². The van der Waals surface area contributed by atoms with Crippen molar-refractivity contribution >= 4 is 0 Å². The quantitative estimate of drug-likeness (QED) is 0.761. The molecule has 0 unspecified atom stereocenters.